The summed E-state index contributed by atoms with van der Waals surface area (Å²) in [6.07, 6.45) is 2.21. The number of rotatable bonds is 5. The van der Waals surface area contributed by atoms with Gasteiger partial charge in [-0.3, -0.25) is 4.79 Å². The fourth-order valence-electron chi connectivity index (χ4n) is 1.14. The highest BCUT2D eigenvalue weighted by Gasteiger charge is 2.34. The van der Waals surface area contributed by atoms with Crippen LogP contribution in [0.3, 0.4) is 0 Å². The number of nitriles is 1. The lowest BCUT2D eigenvalue weighted by molar-refractivity contribution is -0.137. The van der Waals surface area contributed by atoms with Gasteiger partial charge in [-0.25, -0.2) is 0 Å². The summed E-state index contributed by atoms with van der Waals surface area (Å²) >= 11 is 0. The van der Waals surface area contributed by atoms with Gasteiger partial charge in [0.2, 0.25) is 5.91 Å². The minimum Gasteiger partial charge on any atom is -0.338 e. The van der Waals surface area contributed by atoms with E-state index in [0.29, 0.717) is 19.5 Å². The molecule has 1 unspecified atom stereocenters. The molecule has 0 aromatic rings. The Kier molecular flexibility index (Phi) is 4.93. The van der Waals surface area contributed by atoms with Gasteiger partial charge in [0.25, 0.3) is 0 Å². The van der Waals surface area contributed by atoms with E-state index in [4.69, 9.17) is 5.26 Å². The number of carbonyl (C=O) groups is 1. The minimum atomic E-state index is -0.890. The fourth-order valence-corrected chi connectivity index (χ4v) is 1.14. The number of hydrogen-bond acceptors (Lipinski definition) is 2. The van der Waals surface area contributed by atoms with Gasteiger partial charge in [-0.15, -0.1) is 6.58 Å². The minimum absolute atomic E-state index is 0.107. The maximum atomic E-state index is 11.9. The van der Waals surface area contributed by atoms with E-state index in [2.05, 4.69) is 12.6 Å². The van der Waals surface area contributed by atoms with Crippen molar-refractivity contribution in [1.29, 1.82) is 5.26 Å². The first-order valence-electron chi connectivity index (χ1n) is 4.87. The molecule has 0 aliphatic carbocycles. The summed E-state index contributed by atoms with van der Waals surface area (Å²) in [6.45, 7) is 10.1. The molecule has 0 rings (SSSR count). The third kappa shape index (κ3) is 2.59. The van der Waals surface area contributed by atoms with Crippen LogP contribution >= 0.6 is 0 Å². The molecule has 0 saturated carbocycles. The van der Waals surface area contributed by atoms with Crippen LogP contribution in [-0.2, 0) is 4.79 Å². The Balaban J connectivity index is 4.72. The van der Waals surface area contributed by atoms with E-state index in [9.17, 15) is 4.79 Å². The van der Waals surface area contributed by atoms with Crippen molar-refractivity contribution in [3.05, 3.63) is 12.7 Å². The quantitative estimate of drug-likeness (QED) is 0.628. The molecule has 3 heteroatoms. The van der Waals surface area contributed by atoms with E-state index in [1.807, 2.05) is 13.8 Å². The van der Waals surface area contributed by atoms with Crippen molar-refractivity contribution >= 4 is 5.91 Å². The zero-order valence-corrected chi connectivity index (χ0v) is 9.21. The highest BCUT2D eigenvalue weighted by atomic mass is 16.2. The highest BCUT2D eigenvalue weighted by Crippen LogP contribution is 2.22. The molecule has 0 heterocycles. The molecule has 0 fully saturated rings. The maximum absolute atomic E-state index is 11.9. The van der Waals surface area contributed by atoms with Crippen LogP contribution in [0.15, 0.2) is 12.7 Å². The van der Waals surface area contributed by atoms with Crippen LogP contribution in [0.1, 0.15) is 27.2 Å². The van der Waals surface area contributed by atoms with Gasteiger partial charge in [-0.1, -0.05) is 13.0 Å². The second kappa shape index (κ2) is 5.43. The first-order chi connectivity index (χ1) is 6.55. The summed E-state index contributed by atoms with van der Waals surface area (Å²) < 4.78 is 0. The van der Waals surface area contributed by atoms with E-state index < -0.39 is 5.41 Å². The van der Waals surface area contributed by atoms with Crippen molar-refractivity contribution in [2.45, 2.75) is 27.2 Å². The van der Waals surface area contributed by atoms with Gasteiger partial charge in [0.1, 0.15) is 5.41 Å². The van der Waals surface area contributed by atoms with Gasteiger partial charge >= 0.3 is 0 Å². The summed E-state index contributed by atoms with van der Waals surface area (Å²) in [6, 6.07) is 2.08. The van der Waals surface area contributed by atoms with Gasteiger partial charge in [-0.2, -0.15) is 5.26 Å². The SMILES string of the molecule is C=CCN(CC)C(=O)C(C)(C#N)CC. The lowest BCUT2D eigenvalue weighted by atomic mass is 9.88. The maximum Gasteiger partial charge on any atom is 0.243 e. The molecule has 1 atom stereocenters. The Labute approximate surface area is 86.0 Å². The number of amides is 1. The fraction of sp³-hybridized carbons (Fsp3) is 0.636. The second-order valence-corrected chi connectivity index (χ2v) is 3.43. The smallest absolute Gasteiger partial charge is 0.243 e. The van der Waals surface area contributed by atoms with Crippen LogP contribution in [-0.4, -0.2) is 23.9 Å². The monoisotopic (exact) mass is 194 g/mol. The summed E-state index contributed by atoms with van der Waals surface area (Å²) in [4.78, 5) is 13.5. The predicted octanol–water partition coefficient (Wildman–Crippen LogP) is 1.96. The van der Waals surface area contributed by atoms with E-state index >= 15 is 0 Å². The van der Waals surface area contributed by atoms with Crippen LogP contribution in [0, 0.1) is 16.7 Å². The molecular weight excluding hydrogens is 176 g/mol. The van der Waals surface area contributed by atoms with Crippen molar-refractivity contribution < 1.29 is 4.79 Å². The molecule has 14 heavy (non-hydrogen) atoms. The zero-order chi connectivity index (χ0) is 11.2. The molecule has 0 bridgehead atoms. The Morgan fingerprint density at radius 1 is 1.64 bits per heavy atom. The van der Waals surface area contributed by atoms with Crippen molar-refractivity contribution in [3.8, 4) is 6.07 Å². The molecule has 3 nitrogen and oxygen atoms in total. The summed E-state index contributed by atoms with van der Waals surface area (Å²) in [5, 5.41) is 8.95. The molecule has 0 spiro atoms. The third-order valence-corrected chi connectivity index (χ3v) is 2.44. The van der Waals surface area contributed by atoms with Gasteiger partial charge in [0.05, 0.1) is 6.07 Å². The summed E-state index contributed by atoms with van der Waals surface area (Å²) in [5.41, 5.74) is -0.890. The molecular formula is C11H18N2O. The standard InChI is InChI=1S/C11H18N2O/c1-5-8-13(7-3)10(14)11(4,6-2)9-12/h5H,1,6-8H2,2-4H3. The van der Waals surface area contributed by atoms with Crippen LogP contribution < -0.4 is 0 Å². The Morgan fingerprint density at radius 3 is 2.50 bits per heavy atom. The molecule has 0 saturated heterocycles. The van der Waals surface area contributed by atoms with E-state index in [0.717, 1.165) is 0 Å². The molecule has 0 aromatic heterocycles. The van der Waals surface area contributed by atoms with E-state index in [-0.39, 0.29) is 5.91 Å². The van der Waals surface area contributed by atoms with Crippen LogP contribution in [0.2, 0.25) is 0 Å². The average molecular weight is 194 g/mol. The molecule has 1 amide bonds. The molecule has 0 aliphatic heterocycles. The summed E-state index contributed by atoms with van der Waals surface area (Å²) in [5.74, 6) is -0.107. The van der Waals surface area contributed by atoms with E-state index in [1.54, 1.807) is 17.9 Å². The van der Waals surface area contributed by atoms with Crippen molar-refractivity contribution in [2.75, 3.05) is 13.1 Å². The van der Waals surface area contributed by atoms with Crippen LogP contribution in [0.5, 0.6) is 0 Å². The van der Waals surface area contributed by atoms with Crippen molar-refractivity contribution in [2.24, 2.45) is 5.41 Å². The highest BCUT2D eigenvalue weighted by molar-refractivity contribution is 5.85. The van der Waals surface area contributed by atoms with Gasteiger partial charge in [0, 0.05) is 13.1 Å². The predicted molar refractivity (Wildman–Crippen MR) is 56.5 cm³/mol. The third-order valence-electron chi connectivity index (χ3n) is 2.44. The Hall–Kier alpha value is -1.30. The number of hydrogen-bond donors (Lipinski definition) is 0. The lowest BCUT2D eigenvalue weighted by Crippen LogP contribution is -2.41. The largest absolute Gasteiger partial charge is 0.338 e. The van der Waals surface area contributed by atoms with E-state index in [1.165, 1.54) is 0 Å². The average Bonchev–Trinajstić information content (AvgIpc) is 2.23. The zero-order valence-electron chi connectivity index (χ0n) is 9.21. The van der Waals surface area contributed by atoms with Crippen LogP contribution in [0.4, 0.5) is 0 Å². The number of nitrogens with zero attached hydrogens (tertiary/aromatic N) is 2. The van der Waals surface area contributed by atoms with Crippen molar-refractivity contribution in [3.63, 3.8) is 0 Å². The van der Waals surface area contributed by atoms with Crippen molar-refractivity contribution in [1.82, 2.24) is 4.90 Å². The van der Waals surface area contributed by atoms with Gasteiger partial charge in [-0.05, 0) is 20.3 Å². The lowest BCUT2D eigenvalue weighted by Gasteiger charge is -2.27. The summed E-state index contributed by atoms with van der Waals surface area (Å²) in [7, 11) is 0. The first kappa shape index (κ1) is 12.7. The molecule has 0 radical (unpaired) electrons. The topological polar surface area (TPSA) is 44.1 Å². The Morgan fingerprint density at radius 2 is 2.21 bits per heavy atom. The molecule has 78 valence electrons. The first-order valence-corrected chi connectivity index (χ1v) is 4.87. The van der Waals surface area contributed by atoms with Gasteiger partial charge in [0.15, 0.2) is 0 Å². The van der Waals surface area contributed by atoms with Gasteiger partial charge < -0.3 is 4.90 Å². The normalized spacial score (nSPS) is 13.9. The Bertz CT molecular complexity index is 255. The number of likely N-dealkylation sites (N-methyl/N-ethyl adjacent to an activating group) is 1. The molecule has 0 N–H and O–H groups in total. The second-order valence-electron chi connectivity index (χ2n) is 3.43. The van der Waals surface area contributed by atoms with Crippen LogP contribution in [0.25, 0.3) is 0 Å². The molecule has 0 aromatic carbocycles. The number of carbonyl (C=O) groups excluding carboxylic acids is 1. The molecule has 0 aliphatic rings.